The fraction of sp³-hybridized carbons (Fsp3) is 0.533. The molecule has 0 radical (unpaired) electrons. The molecule has 0 bridgehead atoms. The molecule has 22 heavy (non-hydrogen) atoms. The van der Waals surface area contributed by atoms with Crippen LogP contribution >= 0.6 is 24.0 Å². The average molecular weight is 417 g/mol. The minimum Gasteiger partial charge on any atom is -0.370 e. The predicted molar refractivity (Wildman–Crippen MR) is 99.5 cm³/mol. The van der Waals surface area contributed by atoms with E-state index in [2.05, 4.69) is 20.6 Å². The van der Waals surface area contributed by atoms with Crippen molar-refractivity contribution >= 4 is 41.7 Å². The number of aryl methyl sites for hydroxylation is 1. The number of nitrogens with zero attached hydrogens (tertiary/aromatic N) is 2. The minimum atomic E-state index is -0.0904. The first kappa shape index (κ1) is 18.7. The van der Waals surface area contributed by atoms with Crippen molar-refractivity contribution < 1.29 is 4.79 Å². The maximum absolute atomic E-state index is 11.8. The normalized spacial score (nSPS) is 14.7. The molecule has 1 heterocycles. The number of nitrogens with two attached hydrogens (primary N) is 1. The number of carbonyl (C=O) groups excluding carboxylic acids is 1. The topological polar surface area (TPSA) is 92.4 Å². The number of amides is 1. The maximum atomic E-state index is 11.8. The second-order valence-corrected chi connectivity index (χ2v) is 5.41. The third-order valence-electron chi connectivity index (χ3n) is 3.56. The van der Waals surface area contributed by atoms with E-state index in [0.717, 1.165) is 12.2 Å². The van der Waals surface area contributed by atoms with E-state index in [1.807, 2.05) is 19.1 Å². The van der Waals surface area contributed by atoms with Crippen LogP contribution in [0, 0.1) is 12.8 Å². The summed E-state index contributed by atoms with van der Waals surface area (Å²) in [6, 6.07) is 5.52. The molecule has 1 amide bonds. The Morgan fingerprint density at radius 3 is 2.86 bits per heavy atom. The molecule has 1 saturated carbocycles. The quantitative estimate of drug-likeness (QED) is 0.375. The standard InChI is InChI=1S/C15H23N5O.HI/c1-11-4-2-7-13(19-11)20-14(21)8-9-17-15(16)18-10-12-5-3-6-12;/h2,4,7,12H,3,5-6,8-10H2,1H3,(H3,16,17,18)(H,19,20,21);1H. The molecule has 1 aromatic rings. The first-order chi connectivity index (χ1) is 10.1. The molecule has 1 aromatic heterocycles. The number of aliphatic imine (C=N–C) groups is 1. The number of carbonyl (C=O) groups is 1. The van der Waals surface area contributed by atoms with Crippen LogP contribution in [0.5, 0.6) is 0 Å². The molecule has 1 aliphatic carbocycles. The Morgan fingerprint density at radius 1 is 1.45 bits per heavy atom. The van der Waals surface area contributed by atoms with Gasteiger partial charge in [0.25, 0.3) is 0 Å². The SMILES string of the molecule is Cc1cccc(NC(=O)CCNC(N)=NCC2CCC2)n1.I. The number of pyridine rings is 1. The zero-order valence-corrected chi connectivity index (χ0v) is 15.2. The summed E-state index contributed by atoms with van der Waals surface area (Å²) in [5.74, 6) is 1.60. The Kier molecular flexibility index (Phi) is 8.15. The van der Waals surface area contributed by atoms with E-state index in [9.17, 15) is 4.79 Å². The molecule has 7 heteroatoms. The van der Waals surface area contributed by atoms with Gasteiger partial charge in [0, 0.05) is 25.2 Å². The van der Waals surface area contributed by atoms with Crippen LogP contribution in [-0.4, -0.2) is 29.9 Å². The molecule has 4 N–H and O–H groups in total. The number of aromatic nitrogens is 1. The van der Waals surface area contributed by atoms with Gasteiger partial charge in [0.05, 0.1) is 0 Å². The van der Waals surface area contributed by atoms with Crippen molar-refractivity contribution in [1.82, 2.24) is 10.3 Å². The molecule has 122 valence electrons. The molecule has 1 fully saturated rings. The molecule has 1 aliphatic rings. The molecule has 0 saturated heterocycles. The minimum absolute atomic E-state index is 0. The van der Waals surface area contributed by atoms with E-state index in [1.54, 1.807) is 6.07 Å². The molecule has 0 unspecified atom stereocenters. The van der Waals surface area contributed by atoms with Crippen molar-refractivity contribution in [2.24, 2.45) is 16.6 Å². The zero-order chi connectivity index (χ0) is 15.1. The van der Waals surface area contributed by atoms with Crippen molar-refractivity contribution in [3.05, 3.63) is 23.9 Å². The van der Waals surface area contributed by atoms with Crippen molar-refractivity contribution in [3.8, 4) is 0 Å². The summed E-state index contributed by atoms with van der Waals surface area (Å²) in [6.07, 6.45) is 4.14. The molecule has 0 spiro atoms. The van der Waals surface area contributed by atoms with Crippen molar-refractivity contribution in [1.29, 1.82) is 0 Å². The third kappa shape index (κ3) is 6.59. The van der Waals surface area contributed by atoms with Gasteiger partial charge in [-0.2, -0.15) is 0 Å². The Labute approximate surface area is 148 Å². The summed E-state index contributed by atoms with van der Waals surface area (Å²) >= 11 is 0. The van der Waals surface area contributed by atoms with Crippen LogP contribution in [0.2, 0.25) is 0 Å². The number of nitrogens with one attached hydrogen (secondary N) is 2. The maximum Gasteiger partial charge on any atom is 0.227 e. The zero-order valence-electron chi connectivity index (χ0n) is 12.8. The lowest BCUT2D eigenvalue weighted by molar-refractivity contribution is -0.116. The smallest absolute Gasteiger partial charge is 0.227 e. The second-order valence-electron chi connectivity index (χ2n) is 5.41. The fourth-order valence-corrected chi connectivity index (χ4v) is 2.08. The molecule has 2 rings (SSSR count). The Morgan fingerprint density at radius 2 is 2.23 bits per heavy atom. The van der Waals surface area contributed by atoms with Crippen LogP contribution in [0.15, 0.2) is 23.2 Å². The van der Waals surface area contributed by atoms with Gasteiger partial charge in [-0.1, -0.05) is 12.5 Å². The number of anilines is 1. The summed E-state index contributed by atoms with van der Waals surface area (Å²) in [7, 11) is 0. The van der Waals surface area contributed by atoms with Crippen LogP contribution in [0.25, 0.3) is 0 Å². The highest BCUT2D eigenvalue weighted by atomic mass is 127. The van der Waals surface area contributed by atoms with Crippen molar-refractivity contribution in [2.45, 2.75) is 32.6 Å². The van der Waals surface area contributed by atoms with Crippen LogP contribution in [0.4, 0.5) is 5.82 Å². The van der Waals surface area contributed by atoms with Gasteiger partial charge < -0.3 is 16.4 Å². The number of hydrogen-bond acceptors (Lipinski definition) is 3. The Bertz CT molecular complexity index is 516. The number of hydrogen-bond donors (Lipinski definition) is 3. The largest absolute Gasteiger partial charge is 0.370 e. The number of rotatable bonds is 6. The lowest BCUT2D eigenvalue weighted by atomic mass is 9.86. The lowest BCUT2D eigenvalue weighted by Crippen LogP contribution is -2.34. The second kappa shape index (κ2) is 9.60. The van der Waals surface area contributed by atoms with Gasteiger partial charge in [-0.25, -0.2) is 4.98 Å². The highest BCUT2D eigenvalue weighted by Gasteiger charge is 2.16. The van der Waals surface area contributed by atoms with E-state index in [0.29, 0.717) is 30.7 Å². The molecular formula is C15H24IN5O. The van der Waals surface area contributed by atoms with Gasteiger partial charge in [0.15, 0.2) is 5.96 Å². The summed E-state index contributed by atoms with van der Waals surface area (Å²) in [5, 5.41) is 5.71. The Hall–Kier alpha value is -1.38. The van der Waals surface area contributed by atoms with E-state index in [4.69, 9.17) is 5.73 Å². The highest BCUT2D eigenvalue weighted by molar-refractivity contribution is 14.0. The fourth-order valence-electron chi connectivity index (χ4n) is 2.08. The van der Waals surface area contributed by atoms with Gasteiger partial charge in [-0.05, 0) is 37.8 Å². The first-order valence-electron chi connectivity index (χ1n) is 7.41. The predicted octanol–water partition coefficient (Wildman–Crippen LogP) is 2.04. The number of guanidine groups is 1. The molecular weight excluding hydrogens is 393 g/mol. The van der Waals surface area contributed by atoms with Gasteiger partial charge in [0.1, 0.15) is 5.82 Å². The van der Waals surface area contributed by atoms with Gasteiger partial charge in [0.2, 0.25) is 5.91 Å². The van der Waals surface area contributed by atoms with Gasteiger partial charge >= 0.3 is 0 Å². The van der Waals surface area contributed by atoms with Crippen LogP contribution in [0.3, 0.4) is 0 Å². The highest BCUT2D eigenvalue weighted by Crippen LogP contribution is 2.26. The number of halogens is 1. The van der Waals surface area contributed by atoms with Gasteiger partial charge in [-0.15, -0.1) is 24.0 Å². The molecule has 0 atom stereocenters. The van der Waals surface area contributed by atoms with Crippen molar-refractivity contribution in [3.63, 3.8) is 0 Å². The summed E-state index contributed by atoms with van der Waals surface area (Å²) in [6.45, 7) is 3.15. The van der Waals surface area contributed by atoms with Gasteiger partial charge in [-0.3, -0.25) is 9.79 Å². The van der Waals surface area contributed by atoms with E-state index in [-0.39, 0.29) is 29.9 Å². The van der Waals surface area contributed by atoms with E-state index < -0.39 is 0 Å². The monoisotopic (exact) mass is 417 g/mol. The first-order valence-corrected chi connectivity index (χ1v) is 7.41. The van der Waals surface area contributed by atoms with Crippen LogP contribution in [-0.2, 0) is 4.79 Å². The summed E-state index contributed by atoms with van der Waals surface area (Å²) in [5.41, 5.74) is 6.63. The molecule has 6 nitrogen and oxygen atoms in total. The van der Waals surface area contributed by atoms with E-state index in [1.165, 1.54) is 19.3 Å². The molecule has 0 aliphatic heterocycles. The summed E-state index contributed by atoms with van der Waals surface area (Å²) < 4.78 is 0. The van der Waals surface area contributed by atoms with Crippen molar-refractivity contribution in [2.75, 3.05) is 18.4 Å². The van der Waals surface area contributed by atoms with Crippen LogP contribution < -0.4 is 16.4 Å². The average Bonchev–Trinajstić information content (AvgIpc) is 2.36. The summed E-state index contributed by atoms with van der Waals surface area (Å²) in [4.78, 5) is 20.3. The Balaban J connectivity index is 0.00000242. The van der Waals surface area contributed by atoms with Crippen LogP contribution in [0.1, 0.15) is 31.4 Å². The van der Waals surface area contributed by atoms with E-state index >= 15 is 0 Å². The molecule has 0 aromatic carbocycles. The lowest BCUT2D eigenvalue weighted by Gasteiger charge is -2.23. The third-order valence-corrected chi connectivity index (χ3v) is 3.56.